The molecule has 2 aromatic carbocycles. The number of halogens is 2. The van der Waals surface area contributed by atoms with E-state index in [-0.39, 0.29) is 17.7 Å². The molecule has 0 aliphatic carbocycles. The van der Waals surface area contributed by atoms with E-state index < -0.39 is 0 Å². The average Bonchev–Trinajstić information content (AvgIpc) is 3.34. The normalized spacial score (nSPS) is 17.2. The molecule has 0 aromatic heterocycles. The second-order valence-electron chi connectivity index (χ2n) is 8.16. The van der Waals surface area contributed by atoms with Gasteiger partial charge in [0.25, 0.3) is 5.91 Å². The summed E-state index contributed by atoms with van der Waals surface area (Å²) in [7, 11) is 0. The fourth-order valence-electron chi connectivity index (χ4n) is 4.25. The summed E-state index contributed by atoms with van der Waals surface area (Å²) in [5.74, 6) is 1.09. The van der Waals surface area contributed by atoms with Crippen molar-refractivity contribution in [3.8, 4) is 0 Å². The number of hydrogen-bond donors (Lipinski definition) is 0. The third-order valence-corrected chi connectivity index (χ3v) is 7.81. The van der Waals surface area contributed by atoms with Crippen LogP contribution in [0.5, 0.6) is 0 Å². The molecule has 0 N–H and O–H groups in total. The van der Waals surface area contributed by atoms with Crippen molar-refractivity contribution >= 4 is 46.8 Å². The van der Waals surface area contributed by atoms with Crippen LogP contribution < -0.4 is 0 Å². The highest BCUT2D eigenvalue weighted by atomic mass is 35.5. The molecule has 0 unspecified atom stereocenters. The lowest BCUT2D eigenvalue weighted by molar-refractivity contribution is -0.135. The second kappa shape index (κ2) is 10.3. The first-order chi connectivity index (χ1) is 15.0. The molecule has 7 heteroatoms. The van der Waals surface area contributed by atoms with E-state index in [1.54, 1.807) is 23.9 Å². The van der Waals surface area contributed by atoms with Gasteiger partial charge in [-0.1, -0.05) is 35.3 Å². The number of rotatable bonds is 5. The summed E-state index contributed by atoms with van der Waals surface area (Å²) in [5.41, 5.74) is 1.76. The third-order valence-electron chi connectivity index (χ3n) is 6.01. The Bertz CT molecular complexity index is 954. The van der Waals surface area contributed by atoms with E-state index in [1.807, 2.05) is 40.1 Å². The van der Waals surface area contributed by atoms with Gasteiger partial charge in [-0.05, 0) is 61.6 Å². The number of nitrogens with zero attached hydrogens (tertiary/aromatic N) is 2. The van der Waals surface area contributed by atoms with Crippen LogP contribution >= 0.6 is 35.0 Å². The molecule has 0 bridgehead atoms. The summed E-state index contributed by atoms with van der Waals surface area (Å²) >= 11 is 13.9. The Morgan fingerprint density at radius 3 is 2.42 bits per heavy atom. The molecular formula is C24H26Cl2N2O2S. The van der Waals surface area contributed by atoms with Crippen LogP contribution in [0.2, 0.25) is 10.0 Å². The number of likely N-dealkylation sites (tertiary alicyclic amines) is 2. The van der Waals surface area contributed by atoms with E-state index in [0.717, 1.165) is 49.2 Å². The van der Waals surface area contributed by atoms with E-state index in [2.05, 4.69) is 0 Å². The molecule has 2 saturated heterocycles. The molecule has 0 spiro atoms. The van der Waals surface area contributed by atoms with Crippen molar-refractivity contribution in [2.45, 2.75) is 36.3 Å². The van der Waals surface area contributed by atoms with Crippen LogP contribution in [0, 0.1) is 5.92 Å². The quantitative estimate of drug-likeness (QED) is 0.514. The Labute approximate surface area is 197 Å². The number of hydrogen-bond acceptors (Lipinski definition) is 3. The van der Waals surface area contributed by atoms with Crippen LogP contribution in [0.15, 0.2) is 47.4 Å². The lowest BCUT2D eigenvalue weighted by atomic mass is 9.94. The van der Waals surface area contributed by atoms with Gasteiger partial charge in [-0.3, -0.25) is 9.59 Å². The molecule has 0 saturated carbocycles. The first kappa shape index (κ1) is 22.5. The standard InChI is InChI=1S/C24H26Cl2N2O2S/c25-20-6-7-21(26)22(15-20)31-16-17-4-3-5-19(14-17)24(30)28-12-8-18(9-13-28)23(29)27-10-1-2-11-27/h3-7,14-15,18H,1-2,8-13,16H2. The molecule has 2 aliphatic heterocycles. The summed E-state index contributed by atoms with van der Waals surface area (Å²) < 4.78 is 0. The highest BCUT2D eigenvalue weighted by Gasteiger charge is 2.31. The average molecular weight is 477 g/mol. The highest BCUT2D eigenvalue weighted by Crippen LogP contribution is 2.32. The predicted molar refractivity (Wildman–Crippen MR) is 127 cm³/mol. The van der Waals surface area contributed by atoms with Crippen molar-refractivity contribution in [1.82, 2.24) is 9.80 Å². The summed E-state index contributed by atoms with van der Waals surface area (Å²) in [6.45, 7) is 3.06. The molecule has 0 radical (unpaired) electrons. The van der Waals surface area contributed by atoms with Crippen molar-refractivity contribution in [3.63, 3.8) is 0 Å². The third kappa shape index (κ3) is 5.57. The van der Waals surface area contributed by atoms with Crippen molar-refractivity contribution < 1.29 is 9.59 Å². The minimum Gasteiger partial charge on any atom is -0.342 e. The minimum absolute atomic E-state index is 0.0414. The monoisotopic (exact) mass is 476 g/mol. The predicted octanol–water partition coefficient (Wildman–Crippen LogP) is 5.76. The second-order valence-corrected chi connectivity index (χ2v) is 10.0. The Morgan fingerprint density at radius 1 is 0.935 bits per heavy atom. The number of thioether (sulfide) groups is 1. The van der Waals surface area contributed by atoms with Gasteiger partial charge in [-0.15, -0.1) is 11.8 Å². The van der Waals surface area contributed by atoms with E-state index >= 15 is 0 Å². The van der Waals surface area contributed by atoms with Crippen LogP contribution in [0.4, 0.5) is 0 Å². The van der Waals surface area contributed by atoms with Gasteiger partial charge >= 0.3 is 0 Å². The molecule has 164 valence electrons. The van der Waals surface area contributed by atoms with Gasteiger partial charge in [0.05, 0.1) is 5.02 Å². The molecule has 2 fully saturated rings. The van der Waals surface area contributed by atoms with Crippen molar-refractivity contribution in [1.29, 1.82) is 0 Å². The molecule has 2 aliphatic rings. The Morgan fingerprint density at radius 2 is 1.68 bits per heavy atom. The van der Waals surface area contributed by atoms with Crippen LogP contribution in [0.1, 0.15) is 41.6 Å². The van der Waals surface area contributed by atoms with Crippen LogP contribution in [-0.4, -0.2) is 47.8 Å². The number of carbonyl (C=O) groups excluding carboxylic acids is 2. The maximum Gasteiger partial charge on any atom is 0.253 e. The fourth-order valence-corrected chi connectivity index (χ4v) is 5.69. The number of benzene rings is 2. The molecule has 4 rings (SSSR count). The maximum absolute atomic E-state index is 13.0. The van der Waals surface area contributed by atoms with Crippen LogP contribution in [0.3, 0.4) is 0 Å². The molecule has 31 heavy (non-hydrogen) atoms. The van der Waals surface area contributed by atoms with E-state index in [0.29, 0.717) is 34.5 Å². The molecule has 2 heterocycles. The molecule has 0 atom stereocenters. The van der Waals surface area contributed by atoms with Crippen molar-refractivity contribution in [2.24, 2.45) is 5.92 Å². The highest BCUT2D eigenvalue weighted by molar-refractivity contribution is 7.98. The van der Waals surface area contributed by atoms with Gasteiger partial charge in [0.15, 0.2) is 0 Å². The minimum atomic E-state index is 0.0414. The topological polar surface area (TPSA) is 40.6 Å². The Hall–Kier alpha value is -1.69. The maximum atomic E-state index is 13.0. The molecular weight excluding hydrogens is 451 g/mol. The fraction of sp³-hybridized carbons (Fsp3) is 0.417. The van der Waals surface area contributed by atoms with Gasteiger partial charge in [0.2, 0.25) is 5.91 Å². The summed E-state index contributed by atoms with van der Waals surface area (Å²) in [4.78, 5) is 30.5. The SMILES string of the molecule is O=C(c1cccc(CSc2cc(Cl)ccc2Cl)c1)N1CCC(C(=O)N2CCCC2)CC1. The van der Waals surface area contributed by atoms with Gasteiger partial charge in [-0.25, -0.2) is 0 Å². The molecule has 4 nitrogen and oxygen atoms in total. The van der Waals surface area contributed by atoms with Crippen molar-refractivity contribution in [2.75, 3.05) is 26.2 Å². The van der Waals surface area contributed by atoms with Crippen molar-refractivity contribution in [3.05, 3.63) is 63.6 Å². The van der Waals surface area contributed by atoms with E-state index in [4.69, 9.17) is 23.2 Å². The number of piperidine rings is 1. The first-order valence-electron chi connectivity index (χ1n) is 10.8. The molecule has 2 amide bonds. The molecule has 2 aromatic rings. The van der Waals surface area contributed by atoms with Gasteiger partial charge in [0.1, 0.15) is 0 Å². The van der Waals surface area contributed by atoms with E-state index in [9.17, 15) is 9.59 Å². The van der Waals surface area contributed by atoms with Gasteiger partial charge < -0.3 is 9.80 Å². The van der Waals surface area contributed by atoms with Crippen LogP contribution in [-0.2, 0) is 10.5 Å². The number of amides is 2. The van der Waals surface area contributed by atoms with Crippen LogP contribution in [0.25, 0.3) is 0 Å². The summed E-state index contributed by atoms with van der Waals surface area (Å²) in [5, 5.41) is 1.33. The lowest BCUT2D eigenvalue weighted by Gasteiger charge is -2.33. The first-order valence-corrected chi connectivity index (χ1v) is 12.5. The summed E-state index contributed by atoms with van der Waals surface area (Å²) in [6.07, 6.45) is 3.73. The zero-order chi connectivity index (χ0) is 21.8. The Balaban J connectivity index is 1.34. The lowest BCUT2D eigenvalue weighted by Crippen LogP contribution is -2.43. The number of carbonyl (C=O) groups is 2. The summed E-state index contributed by atoms with van der Waals surface area (Å²) in [6, 6.07) is 13.2. The van der Waals surface area contributed by atoms with Gasteiger partial charge in [0, 0.05) is 53.3 Å². The van der Waals surface area contributed by atoms with Gasteiger partial charge in [-0.2, -0.15) is 0 Å². The smallest absolute Gasteiger partial charge is 0.253 e. The Kier molecular flexibility index (Phi) is 7.47. The van der Waals surface area contributed by atoms with E-state index in [1.165, 1.54) is 0 Å². The zero-order valence-corrected chi connectivity index (χ0v) is 19.7. The largest absolute Gasteiger partial charge is 0.342 e. The zero-order valence-electron chi connectivity index (χ0n) is 17.4.